The molecule has 68 heavy (non-hydrogen) atoms. The Hall–Kier alpha value is -8.29. The van der Waals surface area contributed by atoms with Crippen LogP contribution in [0.1, 0.15) is 54.8 Å². The molecule has 20 nitrogen and oxygen atoms in total. The van der Waals surface area contributed by atoms with E-state index in [4.69, 9.17) is 19.8 Å². The Bertz CT molecular complexity index is 2990. The van der Waals surface area contributed by atoms with Crippen LogP contribution in [0.5, 0.6) is 0 Å². The summed E-state index contributed by atoms with van der Waals surface area (Å²) >= 11 is 0. The zero-order valence-corrected chi connectivity index (χ0v) is 38.4. The second kappa shape index (κ2) is 20.1. The number of aromatic nitrogens is 10. The standard InChI is InChI=1S/C24H26N8O3.C24H28N8O/c1-16-15-20(28-27-16)25-22-19-9-6-10-32(19)29-24(26-22)31-13-11-30(12-14-31)23(34)21(35-17(2)33)18-7-4-3-5-8-18;1-3-19(18-8-5-4-6-9-18)23(33)30-12-14-31(15-13-30)24-26-22(20-10-7-11-32(20)29-24)25-21-16-17(2)27-28-21/h3-10,15,21H,11-14H2,1-2H3,(H2,25,26,27,28,29);4-11,16,19H,3,12-15H2,1-2H3,(H2,25,26,27,28,29)/t21-;19-/m01/s1. The summed E-state index contributed by atoms with van der Waals surface area (Å²) in [5, 5.41) is 30.2. The second-order valence-corrected chi connectivity index (χ2v) is 16.7. The summed E-state index contributed by atoms with van der Waals surface area (Å²) in [6.07, 6.45) is 3.61. The molecule has 2 atom stereocenters. The molecule has 0 bridgehead atoms. The lowest BCUT2D eigenvalue weighted by atomic mass is 9.95. The number of aromatic amines is 2. The molecule has 0 radical (unpaired) electrons. The Morgan fingerprint density at radius 1 is 0.618 bits per heavy atom. The first-order valence-corrected chi connectivity index (χ1v) is 22.7. The highest BCUT2D eigenvalue weighted by Gasteiger charge is 2.32. The molecule has 0 spiro atoms. The van der Waals surface area contributed by atoms with Crippen LogP contribution in [0.2, 0.25) is 0 Å². The fourth-order valence-corrected chi connectivity index (χ4v) is 8.44. The first-order valence-electron chi connectivity index (χ1n) is 22.7. The minimum atomic E-state index is -0.958. The normalized spacial score (nSPS) is 14.9. The van der Waals surface area contributed by atoms with Gasteiger partial charge in [0.25, 0.3) is 5.91 Å². The van der Waals surface area contributed by atoms with E-state index in [1.165, 1.54) is 6.92 Å². The van der Waals surface area contributed by atoms with E-state index in [9.17, 15) is 14.4 Å². The van der Waals surface area contributed by atoms with Gasteiger partial charge in [-0.05, 0) is 50.1 Å². The third kappa shape index (κ3) is 10.1. The van der Waals surface area contributed by atoms with Gasteiger partial charge in [0.1, 0.15) is 11.0 Å². The van der Waals surface area contributed by atoms with Crippen LogP contribution in [0, 0.1) is 13.8 Å². The van der Waals surface area contributed by atoms with Gasteiger partial charge in [0.2, 0.25) is 23.9 Å². The number of piperazine rings is 2. The van der Waals surface area contributed by atoms with Crippen LogP contribution in [-0.2, 0) is 19.1 Å². The number of H-pyrrole nitrogens is 2. The fraction of sp³-hybridized carbons (Fsp3) is 0.312. The van der Waals surface area contributed by atoms with Crippen molar-refractivity contribution in [3.8, 4) is 0 Å². The van der Waals surface area contributed by atoms with Crippen LogP contribution >= 0.6 is 0 Å². The van der Waals surface area contributed by atoms with Crippen LogP contribution in [0.4, 0.5) is 35.2 Å². The van der Waals surface area contributed by atoms with Gasteiger partial charge in [-0.15, -0.1) is 10.2 Å². The van der Waals surface area contributed by atoms with Crippen LogP contribution in [0.25, 0.3) is 11.0 Å². The molecule has 350 valence electrons. The van der Waals surface area contributed by atoms with Gasteiger partial charge < -0.3 is 35.0 Å². The van der Waals surface area contributed by atoms with Gasteiger partial charge in [-0.1, -0.05) is 67.6 Å². The number of carbonyl (C=O) groups is 3. The number of esters is 1. The highest BCUT2D eigenvalue weighted by atomic mass is 16.5. The first-order chi connectivity index (χ1) is 33.1. The van der Waals surface area contributed by atoms with E-state index in [1.807, 2.05) is 125 Å². The third-order valence-electron chi connectivity index (χ3n) is 11.9. The molecular formula is C48H54N16O4. The number of rotatable bonds is 12. The highest BCUT2D eigenvalue weighted by molar-refractivity contribution is 5.85. The van der Waals surface area contributed by atoms with Crippen molar-refractivity contribution in [2.75, 3.05) is 72.8 Å². The summed E-state index contributed by atoms with van der Waals surface area (Å²) < 4.78 is 8.98. The van der Waals surface area contributed by atoms with Crippen molar-refractivity contribution in [3.63, 3.8) is 0 Å². The van der Waals surface area contributed by atoms with E-state index >= 15 is 0 Å². The van der Waals surface area contributed by atoms with Gasteiger partial charge in [0.05, 0.1) is 5.92 Å². The van der Waals surface area contributed by atoms with Crippen LogP contribution < -0.4 is 20.4 Å². The minimum absolute atomic E-state index is 0.0988. The molecule has 6 aromatic heterocycles. The van der Waals surface area contributed by atoms with E-state index in [1.54, 1.807) is 21.5 Å². The summed E-state index contributed by atoms with van der Waals surface area (Å²) in [6.45, 7) is 11.9. The van der Waals surface area contributed by atoms with Crippen molar-refractivity contribution in [3.05, 3.63) is 132 Å². The molecule has 8 heterocycles. The number of amides is 2. The molecule has 20 heteroatoms. The maximum Gasteiger partial charge on any atom is 0.303 e. The van der Waals surface area contributed by atoms with Crippen molar-refractivity contribution in [1.82, 2.24) is 59.4 Å². The Labute approximate surface area is 392 Å². The summed E-state index contributed by atoms with van der Waals surface area (Å²) in [4.78, 5) is 55.5. The highest BCUT2D eigenvalue weighted by Crippen LogP contribution is 2.27. The molecule has 2 saturated heterocycles. The van der Waals surface area contributed by atoms with Crippen LogP contribution in [0.3, 0.4) is 0 Å². The van der Waals surface area contributed by atoms with Gasteiger partial charge in [-0.2, -0.15) is 20.2 Å². The second-order valence-electron chi connectivity index (χ2n) is 16.7. The molecule has 2 aliphatic heterocycles. The molecule has 2 aromatic carbocycles. The molecule has 4 N–H and O–H groups in total. The maximum absolute atomic E-state index is 13.3. The minimum Gasteiger partial charge on any atom is -0.447 e. The number of aryl methyl sites for hydroxylation is 2. The number of anilines is 6. The molecule has 2 amide bonds. The van der Waals surface area contributed by atoms with Crippen LogP contribution in [0.15, 0.2) is 109 Å². The summed E-state index contributed by atoms with van der Waals surface area (Å²) in [5.74, 6) is 3.28. The number of fused-ring (bicyclic) bond motifs is 2. The molecule has 2 aliphatic rings. The van der Waals surface area contributed by atoms with Crippen molar-refractivity contribution in [2.45, 2.75) is 46.1 Å². The lowest BCUT2D eigenvalue weighted by Gasteiger charge is -2.36. The number of hydrogen-bond acceptors (Lipinski definition) is 14. The Morgan fingerprint density at radius 3 is 1.50 bits per heavy atom. The van der Waals surface area contributed by atoms with Gasteiger partial charge in [-0.3, -0.25) is 24.6 Å². The predicted octanol–water partition coefficient (Wildman–Crippen LogP) is 5.80. The quantitative estimate of drug-likeness (QED) is 0.107. The van der Waals surface area contributed by atoms with Gasteiger partial charge in [-0.25, -0.2) is 9.03 Å². The number of nitrogens with zero attached hydrogens (tertiary/aromatic N) is 12. The number of benzene rings is 2. The average molecular weight is 919 g/mol. The molecule has 0 saturated carbocycles. The van der Waals surface area contributed by atoms with E-state index in [-0.39, 0.29) is 17.7 Å². The Balaban J connectivity index is 0.000000170. The molecule has 0 aliphatic carbocycles. The van der Waals surface area contributed by atoms with Crippen molar-refractivity contribution < 1.29 is 19.1 Å². The van der Waals surface area contributed by atoms with E-state index in [0.29, 0.717) is 93.1 Å². The molecule has 8 aromatic rings. The molecule has 2 fully saturated rings. The van der Waals surface area contributed by atoms with Gasteiger partial charge in [0, 0.05) is 101 Å². The van der Waals surface area contributed by atoms with Crippen molar-refractivity contribution >= 4 is 64.0 Å². The number of carbonyl (C=O) groups excluding carboxylic acids is 3. The van der Waals surface area contributed by atoms with Gasteiger partial charge in [0.15, 0.2) is 23.3 Å². The number of ether oxygens (including phenoxy) is 1. The monoisotopic (exact) mass is 918 g/mol. The first kappa shape index (κ1) is 44.9. The summed E-state index contributed by atoms with van der Waals surface area (Å²) in [5.41, 5.74) is 5.35. The topological polar surface area (TPSA) is 215 Å². The predicted molar refractivity (Wildman–Crippen MR) is 257 cm³/mol. The van der Waals surface area contributed by atoms with Crippen LogP contribution in [-0.4, -0.2) is 130 Å². The van der Waals surface area contributed by atoms with E-state index < -0.39 is 12.1 Å². The Morgan fingerprint density at radius 2 is 1.07 bits per heavy atom. The molecular weight excluding hydrogens is 865 g/mol. The lowest BCUT2D eigenvalue weighted by Crippen LogP contribution is -2.51. The Kier molecular flexibility index (Phi) is 13.2. The average Bonchev–Trinajstić information content (AvgIpc) is 4.21. The number of hydrogen-bond donors (Lipinski definition) is 4. The zero-order valence-electron chi connectivity index (χ0n) is 38.4. The summed E-state index contributed by atoms with van der Waals surface area (Å²) in [7, 11) is 0. The SMILES string of the molecule is CC(=O)O[C@H](C(=O)N1CCN(c2nc(Nc3cc(C)[nH]n3)c3cccn3n2)CC1)c1ccccc1.CC[C@@H](C(=O)N1CCN(c2nc(Nc3cc(C)[nH]n3)c3cccn3n2)CC1)c1ccccc1. The smallest absolute Gasteiger partial charge is 0.303 e. The number of nitrogens with one attached hydrogen (secondary N) is 4. The summed E-state index contributed by atoms with van der Waals surface area (Å²) in [6, 6.07) is 30.7. The van der Waals surface area contributed by atoms with Gasteiger partial charge >= 0.3 is 5.97 Å². The third-order valence-corrected chi connectivity index (χ3v) is 11.9. The van der Waals surface area contributed by atoms with Crippen molar-refractivity contribution in [1.29, 1.82) is 0 Å². The lowest BCUT2D eigenvalue weighted by molar-refractivity contribution is -0.159. The fourth-order valence-electron chi connectivity index (χ4n) is 8.44. The van der Waals surface area contributed by atoms with E-state index in [0.717, 1.165) is 34.4 Å². The zero-order chi connectivity index (χ0) is 47.1. The largest absolute Gasteiger partial charge is 0.447 e. The van der Waals surface area contributed by atoms with E-state index in [2.05, 4.69) is 48.0 Å². The van der Waals surface area contributed by atoms with Crippen molar-refractivity contribution in [2.24, 2.45) is 0 Å². The molecule has 10 rings (SSSR count). The molecule has 0 unspecified atom stereocenters. The maximum atomic E-state index is 13.3.